The average Bonchev–Trinajstić information content (AvgIpc) is 3.22. The maximum absolute atomic E-state index is 13.5. The van der Waals surface area contributed by atoms with Gasteiger partial charge in [0.25, 0.3) is 0 Å². The summed E-state index contributed by atoms with van der Waals surface area (Å²) in [6, 6.07) is 0. The van der Waals surface area contributed by atoms with Gasteiger partial charge in [-0.05, 0) is 110 Å². The molecule has 0 N–H and O–H groups in total. The molecule has 5 saturated carbocycles. The number of carbonyl (C=O) groups is 1. The second-order valence-electron chi connectivity index (χ2n) is 13.1. The highest BCUT2D eigenvalue weighted by molar-refractivity contribution is 5.91. The molecule has 1 heteroatoms. The Labute approximate surface area is 185 Å². The fourth-order valence-electron chi connectivity index (χ4n) is 10.2. The van der Waals surface area contributed by atoms with Crippen LogP contribution in [0.1, 0.15) is 99.3 Å². The molecule has 0 aromatic heterocycles. The summed E-state index contributed by atoms with van der Waals surface area (Å²) in [6.07, 6.45) is 16.8. The van der Waals surface area contributed by atoms with Crippen LogP contribution in [0, 0.1) is 63.6 Å². The third-order valence-electron chi connectivity index (χ3n) is 12.0. The molecule has 168 valence electrons. The second kappa shape index (κ2) is 6.95. The molecule has 5 aliphatic rings. The molecule has 5 aliphatic carbocycles. The molecule has 0 amide bonds. The molecule has 30 heavy (non-hydrogen) atoms. The number of ketones is 1. The van der Waals surface area contributed by atoms with Gasteiger partial charge in [0.15, 0.2) is 0 Å². The molecular weight excluding hydrogens is 364 g/mol. The minimum atomic E-state index is 0.141. The molecule has 0 unspecified atom stereocenters. The first-order valence-corrected chi connectivity index (χ1v) is 13.4. The maximum Gasteiger partial charge on any atom is 0.140 e. The number of carbonyl (C=O) groups excluding carboxylic acids is 1. The summed E-state index contributed by atoms with van der Waals surface area (Å²) in [5.74, 6) is 6.69. The summed E-state index contributed by atoms with van der Waals surface area (Å²) in [5.41, 5.74) is 0.934. The summed E-state index contributed by atoms with van der Waals surface area (Å²) in [6.45, 7) is 14.7. The molecule has 5 fully saturated rings. The zero-order chi connectivity index (χ0) is 21.5. The van der Waals surface area contributed by atoms with Crippen LogP contribution in [0.25, 0.3) is 0 Å². The molecule has 10 atom stereocenters. The largest absolute Gasteiger partial charge is 0.299 e. The van der Waals surface area contributed by atoms with E-state index in [2.05, 4.69) is 53.7 Å². The average molecular weight is 411 g/mol. The van der Waals surface area contributed by atoms with E-state index < -0.39 is 0 Å². The third-order valence-corrected chi connectivity index (χ3v) is 12.0. The molecule has 0 heterocycles. The first kappa shape index (κ1) is 21.3. The Balaban J connectivity index is 1.37. The molecule has 5 rings (SSSR count). The molecule has 0 saturated heterocycles. The first-order chi connectivity index (χ1) is 14.2. The van der Waals surface area contributed by atoms with Crippen LogP contribution < -0.4 is 0 Å². The summed E-state index contributed by atoms with van der Waals surface area (Å²) in [5, 5.41) is 0. The van der Waals surface area contributed by atoms with Crippen molar-refractivity contribution in [2.75, 3.05) is 0 Å². The highest BCUT2D eigenvalue weighted by atomic mass is 16.1. The maximum atomic E-state index is 13.5. The number of fused-ring (bicyclic) bond motifs is 4. The Kier molecular flexibility index (Phi) is 4.93. The van der Waals surface area contributed by atoms with Crippen molar-refractivity contribution in [3.8, 4) is 0 Å². The zero-order valence-corrected chi connectivity index (χ0v) is 20.5. The fourth-order valence-corrected chi connectivity index (χ4v) is 10.2. The van der Waals surface area contributed by atoms with E-state index >= 15 is 0 Å². The van der Waals surface area contributed by atoms with Crippen molar-refractivity contribution >= 4 is 5.78 Å². The molecule has 1 nitrogen and oxygen atoms in total. The highest BCUT2D eigenvalue weighted by Gasteiger charge is 2.77. The van der Waals surface area contributed by atoms with Crippen molar-refractivity contribution < 1.29 is 4.79 Å². The lowest BCUT2D eigenvalue weighted by Crippen LogP contribution is -2.55. The Hall–Kier alpha value is -0.590. The molecule has 0 bridgehead atoms. The van der Waals surface area contributed by atoms with Gasteiger partial charge in [0, 0.05) is 11.8 Å². The Bertz CT molecular complexity index is 735. The van der Waals surface area contributed by atoms with Crippen molar-refractivity contribution in [1.82, 2.24) is 0 Å². The van der Waals surface area contributed by atoms with Gasteiger partial charge in [-0.1, -0.05) is 53.7 Å². The van der Waals surface area contributed by atoms with Crippen molar-refractivity contribution in [3.05, 3.63) is 12.2 Å². The van der Waals surface area contributed by atoms with Crippen LogP contribution in [0.5, 0.6) is 0 Å². The van der Waals surface area contributed by atoms with Crippen LogP contribution in [-0.2, 0) is 4.79 Å². The van der Waals surface area contributed by atoms with Gasteiger partial charge in [-0.2, -0.15) is 0 Å². The van der Waals surface area contributed by atoms with Gasteiger partial charge < -0.3 is 0 Å². The van der Waals surface area contributed by atoms with Crippen molar-refractivity contribution in [1.29, 1.82) is 0 Å². The van der Waals surface area contributed by atoms with E-state index in [1.165, 1.54) is 51.4 Å². The number of hydrogen-bond donors (Lipinski definition) is 0. The standard InChI is InChI=1S/C29H46O/c1-7-20(18(2)3)9-8-19(4)23-10-11-24-22-16-26(30)29-17-21(29)12-15-28(29,6)25(22)13-14-27(23,24)5/h8-9,18-25H,7,10-17H2,1-6H3/b9-8+/t19-,20-,21-,22+,23-,24+,25+,27-,28-,29+/m1/s1. The first-order valence-electron chi connectivity index (χ1n) is 13.4. The summed E-state index contributed by atoms with van der Waals surface area (Å²) in [4.78, 5) is 13.5. The van der Waals surface area contributed by atoms with Gasteiger partial charge in [-0.3, -0.25) is 4.79 Å². The number of hydrogen-bond acceptors (Lipinski definition) is 1. The molecule has 1 spiro atoms. The highest BCUT2D eigenvalue weighted by Crippen LogP contribution is 2.80. The summed E-state index contributed by atoms with van der Waals surface area (Å²) in [7, 11) is 0. The number of Topliss-reactive ketones (excluding diaryl/α,β-unsaturated/α-hetero) is 1. The van der Waals surface area contributed by atoms with Gasteiger partial charge in [0.05, 0.1) is 0 Å². The van der Waals surface area contributed by atoms with E-state index in [9.17, 15) is 4.79 Å². The van der Waals surface area contributed by atoms with E-state index in [4.69, 9.17) is 0 Å². The van der Waals surface area contributed by atoms with E-state index in [1.807, 2.05) is 0 Å². The number of rotatable bonds is 5. The van der Waals surface area contributed by atoms with E-state index in [1.54, 1.807) is 0 Å². The van der Waals surface area contributed by atoms with Gasteiger partial charge in [-0.25, -0.2) is 0 Å². The lowest BCUT2D eigenvalue weighted by molar-refractivity contribution is -0.151. The van der Waals surface area contributed by atoms with E-state index in [-0.39, 0.29) is 5.41 Å². The van der Waals surface area contributed by atoms with Crippen molar-refractivity contribution in [2.24, 2.45) is 63.6 Å². The Morgan fingerprint density at radius 1 is 1.00 bits per heavy atom. The quantitative estimate of drug-likeness (QED) is 0.424. The lowest BCUT2D eigenvalue weighted by Gasteiger charge is -2.58. The van der Waals surface area contributed by atoms with Crippen LogP contribution >= 0.6 is 0 Å². The van der Waals surface area contributed by atoms with Crippen molar-refractivity contribution in [2.45, 2.75) is 99.3 Å². The summed E-state index contributed by atoms with van der Waals surface area (Å²) >= 11 is 0. The molecule has 0 aromatic carbocycles. The van der Waals surface area contributed by atoms with E-state index in [0.29, 0.717) is 34.4 Å². The molecular formula is C29H46O. The minimum absolute atomic E-state index is 0.141. The lowest BCUT2D eigenvalue weighted by atomic mass is 9.45. The minimum Gasteiger partial charge on any atom is -0.299 e. The SMILES string of the molecule is CC[C@H](/C=C/[C@@H](C)[C@H]1CC[C@H]2[C@@H]3CC(=O)[C@]45C[C@H]4CC[C@]5(C)[C@H]3CC[C@]12C)C(C)C. The predicted molar refractivity (Wildman–Crippen MR) is 125 cm³/mol. The number of allylic oxidation sites excluding steroid dienone is 2. The van der Waals surface area contributed by atoms with E-state index in [0.717, 1.165) is 36.0 Å². The van der Waals surface area contributed by atoms with Gasteiger partial charge in [0.1, 0.15) is 5.78 Å². The topological polar surface area (TPSA) is 17.1 Å². The molecule has 0 aromatic rings. The molecule has 0 aliphatic heterocycles. The molecule has 0 radical (unpaired) electrons. The van der Waals surface area contributed by atoms with Crippen LogP contribution in [0.3, 0.4) is 0 Å². The monoisotopic (exact) mass is 410 g/mol. The van der Waals surface area contributed by atoms with Crippen LogP contribution in [0.2, 0.25) is 0 Å². The van der Waals surface area contributed by atoms with Gasteiger partial charge in [0.2, 0.25) is 0 Å². The smallest absolute Gasteiger partial charge is 0.140 e. The van der Waals surface area contributed by atoms with Gasteiger partial charge in [-0.15, -0.1) is 0 Å². The van der Waals surface area contributed by atoms with Crippen molar-refractivity contribution in [3.63, 3.8) is 0 Å². The van der Waals surface area contributed by atoms with Crippen LogP contribution in [0.4, 0.5) is 0 Å². The third kappa shape index (κ3) is 2.62. The predicted octanol–water partition coefficient (Wildman–Crippen LogP) is 7.70. The Morgan fingerprint density at radius 2 is 1.77 bits per heavy atom. The summed E-state index contributed by atoms with van der Waals surface area (Å²) < 4.78 is 0. The normalized spacial score (nSPS) is 51.4. The second-order valence-corrected chi connectivity index (χ2v) is 13.1. The zero-order valence-electron chi connectivity index (χ0n) is 20.5. The Morgan fingerprint density at radius 3 is 2.43 bits per heavy atom. The van der Waals surface area contributed by atoms with Gasteiger partial charge >= 0.3 is 0 Å². The van der Waals surface area contributed by atoms with Crippen LogP contribution in [0.15, 0.2) is 12.2 Å². The van der Waals surface area contributed by atoms with Crippen LogP contribution in [-0.4, -0.2) is 5.78 Å². The fraction of sp³-hybridized carbons (Fsp3) is 0.897.